The van der Waals surface area contributed by atoms with Crippen molar-refractivity contribution >= 4 is 39.5 Å². The van der Waals surface area contributed by atoms with Crippen LogP contribution in [0.2, 0.25) is 0 Å². The number of nitrogens with one attached hydrogen (secondary N) is 2. The van der Waals surface area contributed by atoms with E-state index in [4.69, 9.17) is 4.74 Å². The van der Waals surface area contributed by atoms with Gasteiger partial charge in [-0.05, 0) is 40.2 Å². The van der Waals surface area contributed by atoms with Crippen molar-refractivity contribution in [1.29, 1.82) is 0 Å². The van der Waals surface area contributed by atoms with Crippen LogP contribution in [0.5, 0.6) is 5.75 Å². The monoisotopic (exact) mass is 386 g/mol. The minimum absolute atomic E-state index is 0.112. The van der Waals surface area contributed by atoms with Crippen LogP contribution in [-0.2, 0) is 9.59 Å². The summed E-state index contributed by atoms with van der Waals surface area (Å²) in [6.07, 6.45) is 1.78. The Balaban J connectivity index is 1.57. The van der Waals surface area contributed by atoms with Crippen LogP contribution in [0.1, 0.15) is 5.56 Å². The number of benzene rings is 2. The molecule has 24 heavy (non-hydrogen) atoms. The third-order valence-corrected chi connectivity index (χ3v) is 4.17. The van der Waals surface area contributed by atoms with Crippen molar-refractivity contribution in [3.63, 3.8) is 0 Å². The number of rotatable bonds is 4. The maximum Gasteiger partial charge on any atom is 0.251 e. The summed E-state index contributed by atoms with van der Waals surface area (Å²) in [6, 6.07) is 14.8. The smallest absolute Gasteiger partial charge is 0.251 e. The van der Waals surface area contributed by atoms with Crippen LogP contribution in [0.25, 0.3) is 6.08 Å². The van der Waals surface area contributed by atoms with Crippen LogP contribution >= 0.6 is 15.9 Å². The van der Waals surface area contributed by atoms with Gasteiger partial charge in [-0.15, -0.1) is 0 Å². The molecule has 0 spiro atoms. The molecule has 2 amide bonds. The van der Waals surface area contributed by atoms with Crippen molar-refractivity contribution < 1.29 is 14.3 Å². The minimum atomic E-state index is -0.313. The number of anilines is 1. The van der Waals surface area contributed by atoms with Crippen LogP contribution in [0.15, 0.2) is 58.6 Å². The number of carbonyl (C=O) groups excluding carboxylic acids is 2. The van der Waals surface area contributed by atoms with Gasteiger partial charge in [0.2, 0.25) is 5.91 Å². The Morgan fingerprint density at radius 1 is 1.08 bits per heavy atom. The van der Waals surface area contributed by atoms with Gasteiger partial charge in [0, 0.05) is 10.0 Å². The lowest BCUT2D eigenvalue weighted by atomic mass is 10.1. The van der Waals surface area contributed by atoms with Gasteiger partial charge in [-0.1, -0.05) is 30.3 Å². The second-order valence-electron chi connectivity index (χ2n) is 5.21. The summed E-state index contributed by atoms with van der Waals surface area (Å²) in [4.78, 5) is 24.1. The van der Waals surface area contributed by atoms with E-state index < -0.39 is 0 Å². The maximum absolute atomic E-state index is 12.2. The molecule has 0 atom stereocenters. The molecule has 0 fully saturated rings. The Kier molecular flexibility index (Phi) is 4.96. The van der Waals surface area contributed by atoms with E-state index in [-0.39, 0.29) is 25.0 Å². The average Bonchev–Trinajstić information content (AvgIpc) is 2.61. The fourth-order valence-electron chi connectivity index (χ4n) is 2.28. The van der Waals surface area contributed by atoms with Crippen LogP contribution < -0.4 is 15.4 Å². The molecule has 0 radical (unpaired) electrons. The number of hydrogen-bond acceptors (Lipinski definition) is 3. The highest BCUT2D eigenvalue weighted by atomic mass is 79.9. The number of para-hydroxylation sites is 2. The first kappa shape index (κ1) is 16.3. The summed E-state index contributed by atoms with van der Waals surface area (Å²) in [5.41, 5.74) is 2.00. The molecule has 1 aliphatic heterocycles. The van der Waals surface area contributed by atoms with Crippen LogP contribution in [-0.4, -0.2) is 25.0 Å². The molecule has 1 aliphatic rings. The van der Waals surface area contributed by atoms with Gasteiger partial charge in [-0.25, -0.2) is 0 Å². The molecule has 0 aliphatic carbocycles. The Labute approximate surface area is 147 Å². The molecule has 0 bridgehead atoms. The number of hydrogen-bond donors (Lipinski definition) is 2. The van der Waals surface area contributed by atoms with Crippen LogP contribution in [0.3, 0.4) is 0 Å². The second-order valence-corrected chi connectivity index (χ2v) is 6.06. The number of ether oxygens (including phenoxy) is 1. The first-order chi connectivity index (χ1) is 11.6. The number of halogens is 1. The lowest BCUT2D eigenvalue weighted by Crippen LogP contribution is -2.35. The first-order valence-electron chi connectivity index (χ1n) is 7.38. The number of amides is 2. The molecule has 0 unspecified atom stereocenters. The Hall–Kier alpha value is -2.60. The lowest BCUT2D eigenvalue weighted by Gasteiger charge is -2.17. The quantitative estimate of drug-likeness (QED) is 0.848. The molecule has 6 heteroatoms. The van der Waals surface area contributed by atoms with Gasteiger partial charge in [-0.2, -0.15) is 0 Å². The van der Waals surface area contributed by atoms with Crippen molar-refractivity contribution in [3.05, 3.63) is 64.1 Å². The van der Waals surface area contributed by atoms with Gasteiger partial charge in [0.15, 0.2) is 0 Å². The van der Waals surface area contributed by atoms with Gasteiger partial charge in [0.05, 0.1) is 17.8 Å². The molecule has 0 saturated heterocycles. The zero-order valence-electron chi connectivity index (χ0n) is 12.7. The van der Waals surface area contributed by atoms with Crippen LogP contribution in [0.4, 0.5) is 5.69 Å². The Morgan fingerprint density at radius 2 is 1.83 bits per heavy atom. The number of fused-ring (bicyclic) bond motifs is 1. The SMILES string of the molecule is O=C(CNC(=O)C1=Cc2ccccc2OC1)Nc1ccccc1Br. The molecule has 0 aromatic heterocycles. The van der Waals surface area contributed by atoms with Crippen LogP contribution in [0, 0.1) is 0 Å². The van der Waals surface area contributed by atoms with Crippen molar-refractivity contribution in [2.45, 2.75) is 0 Å². The highest BCUT2D eigenvalue weighted by Crippen LogP contribution is 2.25. The van der Waals surface area contributed by atoms with Crippen molar-refractivity contribution in [3.8, 4) is 5.75 Å². The normalized spacial score (nSPS) is 12.5. The second kappa shape index (κ2) is 7.31. The molecule has 1 heterocycles. The molecule has 3 rings (SSSR count). The molecular weight excluding hydrogens is 372 g/mol. The highest BCUT2D eigenvalue weighted by Gasteiger charge is 2.17. The van der Waals surface area contributed by atoms with Crippen molar-refractivity contribution in [2.24, 2.45) is 0 Å². The molecule has 2 aromatic carbocycles. The fraction of sp³-hybridized carbons (Fsp3) is 0.111. The van der Waals surface area contributed by atoms with E-state index in [2.05, 4.69) is 26.6 Å². The molecule has 2 N–H and O–H groups in total. The van der Waals surface area contributed by atoms with Gasteiger partial charge >= 0.3 is 0 Å². The zero-order valence-corrected chi connectivity index (χ0v) is 14.3. The van der Waals surface area contributed by atoms with Crippen molar-refractivity contribution in [1.82, 2.24) is 5.32 Å². The molecular formula is C18H15BrN2O3. The predicted molar refractivity (Wildman–Crippen MR) is 95.7 cm³/mol. The summed E-state index contributed by atoms with van der Waals surface area (Å²) in [7, 11) is 0. The van der Waals surface area contributed by atoms with Gasteiger partial charge < -0.3 is 15.4 Å². The van der Waals surface area contributed by atoms with E-state index in [1.54, 1.807) is 12.1 Å². The summed E-state index contributed by atoms with van der Waals surface area (Å²) in [5, 5.41) is 5.34. The summed E-state index contributed by atoms with van der Waals surface area (Å²) >= 11 is 3.36. The third kappa shape index (κ3) is 3.83. The van der Waals surface area contributed by atoms with Gasteiger partial charge in [-0.3, -0.25) is 9.59 Å². The summed E-state index contributed by atoms with van der Waals surface area (Å²) in [5.74, 6) is 0.139. The summed E-state index contributed by atoms with van der Waals surface area (Å²) in [6.45, 7) is 0.0772. The Morgan fingerprint density at radius 3 is 2.67 bits per heavy atom. The summed E-state index contributed by atoms with van der Waals surface area (Å²) < 4.78 is 6.32. The van der Waals surface area contributed by atoms with E-state index in [0.29, 0.717) is 11.3 Å². The molecule has 122 valence electrons. The van der Waals surface area contributed by atoms with E-state index in [1.165, 1.54) is 0 Å². The Bertz CT molecular complexity index is 817. The minimum Gasteiger partial charge on any atom is -0.488 e. The van der Waals surface area contributed by atoms with Crippen molar-refractivity contribution in [2.75, 3.05) is 18.5 Å². The largest absolute Gasteiger partial charge is 0.488 e. The molecule has 2 aromatic rings. The predicted octanol–water partition coefficient (Wildman–Crippen LogP) is 2.98. The maximum atomic E-state index is 12.2. The lowest BCUT2D eigenvalue weighted by molar-refractivity contribution is -0.121. The van der Waals surface area contributed by atoms with E-state index in [0.717, 1.165) is 15.8 Å². The topological polar surface area (TPSA) is 67.4 Å². The first-order valence-corrected chi connectivity index (χ1v) is 8.18. The van der Waals surface area contributed by atoms with E-state index >= 15 is 0 Å². The molecule has 5 nitrogen and oxygen atoms in total. The number of carbonyl (C=O) groups is 2. The van der Waals surface area contributed by atoms with E-state index in [9.17, 15) is 9.59 Å². The molecule has 0 saturated carbocycles. The zero-order chi connectivity index (χ0) is 16.9. The van der Waals surface area contributed by atoms with Gasteiger partial charge in [0.25, 0.3) is 5.91 Å². The standard InChI is InChI=1S/C18H15BrN2O3/c19-14-6-2-3-7-15(14)21-17(22)10-20-18(23)13-9-12-5-1-4-8-16(12)24-11-13/h1-9H,10-11H2,(H,20,23)(H,21,22). The van der Waals surface area contributed by atoms with Gasteiger partial charge in [0.1, 0.15) is 12.4 Å². The average molecular weight is 387 g/mol. The fourth-order valence-corrected chi connectivity index (χ4v) is 2.66. The van der Waals surface area contributed by atoms with E-state index in [1.807, 2.05) is 42.5 Å². The highest BCUT2D eigenvalue weighted by molar-refractivity contribution is 9.10. The third-order valence-electron chi connectivity index (χ3n) is 3.48.